The number of nitrogens with two attached hydrogens (primary N) is 1. The molecule has 12 heteroatoms. The minimum atomic E-state index is -1.38. The van der Waals surface area contributed by atoms with Crippen LogP contribution in [-0.2, 0) is 25.4 Å². The number of nitrogens with zero attached hydrogens (tertiary/aromatic N) is 5. The first kappa shape index (κ1) is 27.2. The van der Waals surface area contributed by atoms with Gasteiger partial charge in [0.25, 0.3) is 0 Å². The lowest BCUT2D eigenvalue weighted by Gasteiger charge is -2.24. The Bertz CT molecular complexity index is 993. The second kappa shape index (κ2) is 13.1. The number of anilines is 1. The number of nitrogens with one attached hydrogen (secondary N) is 1. The fourth-order valence-electron chi connectivity index (χ4n) is 3.95. The Morgan fingerprint density at radius 3 is 2.69 bits per heavy atom. The predicted octanol–water partition coefficient (Wildman–Crippen LogP) is 3.99. The van der Waals surface area contributed by atoms with Crippen LogP contribution in [0, 0.1) is 5.92 Å². The molecular formula is C23H38N7O4P. The lowest BCUT2D eigenvalue weighted by atomic mass is 9.86. The van der Waals surface area contributed by atoms with Gasteiger partial charge in [-0.05, 0) is 47.5 Å². The highest BCUT2D eigenvalue weighted by molar-refractivity contribution is 7.50. The molecule has 2 aromatic rings. The van der Waals surface area contributed by atoms with Crippen LogP contribution >= 0.6 is 8.30 Å². The maximum absolute atomic E-state index is 12.3. The van der Waals surface area contributed by atoms with Crippen LogP contribution in [0.2, 0.25) is 0 Å². The van der Waals surface area contributed by atoms with Crippen molar-refractivity contribution in [3.05, 3.63) is 12.7 Å². The Morgan fingerprint density at radius 1 is 1.23 bits per heavy atom. The molecule has 3 N–H and O–H groups in total. The second-order valence-corrected chi connectivity index (χ2v) is 10.7. The Kier molecular flexibility index (Phi) is 10.2. The van der Waals surface area contributed by atoms with Gasteiger partial charge in [0.15, 0.2) is 11.5 Å². The van der Waals surface area contributed by atoms with Gasteiger partial charge in [0, 0.05) is 5.92 Å². The van der Waals surface area contributed by atoms with Crippen molar-refractivity contribution in [1.82, 2.24) is 24.6 Å². The first-order valence-electron chi connectivity index (χ1n) is 12.2. The Balaban J connectivity index is 1.61. The largest absolute Gasteiger partial charge is 0.462 e. The number of imidazole rings is 1. The van der Waals surface area contributed by atoms with E-state index >= 15 is 0 Å². The van der Waals surface area contributed by atoms with E-state index < -0.39 is 14.3 Å². The van der Waals surface area contributed by atoms with Crippen LogP contribution in [0.3, 0.4) is 0 Å². The normalized spacial score (nSPS) is 17.9. The Morgan fingerprint density at radius 2 is 1.97 bits per heavy atom. The topological polar surface area (TPSA) is 139 Å². The van der Waals surface area contributed by atoms with Crippen LogP contribution in [0.5, 0.6) is 0 Å². The Labute approximate surface area is 208 Å². The van der Waals surface area contributed by atoms with Crippen LogP contribution < -0.4 is 10.8 Å². The van der Waals surface area contributed by atoms with Crippen LogP contribution in [0.1, 0.15) is 66.7 Å². The summed E-state index contributed by atoms with van der Waals surface area (Å²) < 4.78 is 19.2. The number of hydrogen-bond acceptors (Lipinski definition) is 10. The van der Waals surface area contributed by atoms with Crippen LogP contribution in [0.15, 0.2) is 17.8 Å². The molecule has 0 amide bonds. The molecule has 0 radical (unpaired) electrons. The van der Waals surface area contributed by atoms with E-state index in [1.54, 1.807) is 13.3 Å². The summed E-state index contributed by atoms with van der Waals surface area (Å²) in [6.07, 6.45) is 8.99. The van der Waals surface area contributed by atoms with Crippen molar-refractivity contribution in [3.63, 3.8) is 0 Å². The van der Waals surface area contributed by atoms with Gasteiger partial charge in [-0.2, -0.15) is 0 Å². The summed E-state index contributed by atoms with van der Waals surface area (Å²) >= 11 is 0. The monoisotopic (exact) mass is 507 g/mol. The highest BCUT2D eigenvalue weighted by Crippen LogP contribution is 2.35. The van der Waals surface area contributed by atoms with Crippen molar-refractivity contribution < 1.29 is 18.9 Å². The molecule has 0 saturated heterocycles. The van der Waals surface area contributed by atoms with Gasteiger partial charge in [0.05, 0.1) is 30.8 Å². The van der Waals surface area contributed by atoms with Gasteiger partial charge in [0.1, 0.15) is 24.2 Å². The van der Waals surface area contributed by atoms with E-state index in [0.717, 1.165) is 18.6 Å². The first-order valence-corrected chi connectivity index (χ1v) is 13.7. The summed E-state index contributed by atoms with van der Waals surface area (Å²) in [6, 6.07) is -0.551. The quantitative estimate of drug-likeness (QED) is 0.189. The van der Waals surface area contributed by atoms with Gasteiger partial charge >= 0.3 is 5.97 Å². The summed E-state index contributed by atoms with van der Waals surface area (Å²) in [6.45, 7) is 9.89. The number of carbonyl (C=O) groups excluding carboxylic acids is 1. The molecule has 2 aromatic heterocycles. The predicted molar refractivity (Wildman–Crippen MR) is 137 cm³/mol. The minimum Gasteiger partial charge on any atom is -0.462 e. The zero-order valence-corrected chi connectivity index (χ0v) is 22.2. The SMILES string of the molecule is C/C(=N\OP(CO[C@H](C)Cn1cnc2c(N)ncnc21)N[C@@H](C)C(=O)OC(C)C)C1CCCCC1. The van der Waals surface area contributed by atoms with Gasteiger partial charge in [-0.15, -0.1) is 0 Å². The molecule has 0 bridgehead atoms. The van der Waals surface area contributed by atoms with Gasteiger partial charge in [-0.1, -0.05) is 24.4 Å². The number of esters is 1. The number of hydrogen-bond donors (Lipinski definition) is 2. The van der Waals surface area contributed by atoms with Crippen LogP contribution in [0.25, 0.3) is 11.2 Å². The van der Waals surface area contributed by atoms with Crippen molar-refractivity contribution in [3.8, 4) is 0 Å². The molecule has 35 heavy (non-hydrogen) atoms. The summed E-state index contributed by atoms with van der Waals surface area (Å²) in [7, 11) is -1.38. The molecular weight excluding hydrogens is 469 g/mol. The molecule has 1 saturated carbocycles. The molecule has 1 aliphatic carbocycles. The second-order valence-electron chi connectivity index (χ2n) is 9.30. The van der Waals surface area contributed by atoms with Gasteiger partial charge in [-0.25, -0.2) is 20.0 Å². The molecule has 194 valence electrons. The molecule has 1 unspecified atom stereocenters. The van der Waals surface area contributed by atoms with Crippen molar-refractivity contribution in [2.24, 2.45) is 11.1 Å². The highest BCUT2D eigenvalue weighted by atomic mass is 31.2. The lowest BCUT2D eigenvalue weighted by Crippen LogP contribution is -2.34. The van der Waals surface area contributed by atoms with E-state index in [-0.39, 0.29) is 24.5 Å². The molecule has 1 aliphatic rings. The smallest absolute Gasteiger partial charge is 0.323 e. The third-order valence-corrected chi connectivity index (χ3v) is 7.22. The maximum atomic E-state index is 12.3. The van der Waals surface area contributed by atoms with Gasteiger partial charge in [0.2, 0.25) is 8.30 Å². The Hall–Kier alpha value is -2.36. The first-order chi connectivity index (χ1) is 16.7. The number of oxime groups is 1. The number of fused-ring (bicyclic) bond motifs is 1. The van der Waals surface area contributed by atoms with E-state index in [0.29, 0.717) is 29.4 Å². The molecule has 0 spiro atoms. The number of aromatic nitrogens is 4. The highest BCUT2D eigenvalue weighted by Gasteiger charge is 2.24. The zero-order valence-electron chi connectivity index (χ0n) is 21.3. The molecule has 3 rings (SSSR count). The number of carbonyl (C=O) groups is 1. The molecule has 1 fully saturated rings. The summed E-state index contributed by atoms with van der Waals surface area (Å²) in [5, 5.41) is 7.64. The van der Waals surface area contributed by atoms with E-state index in [4.69, 9.17) is 19.8 Å². The van der Waals surface area contributed by atoms with E-state index in [1.165, 1.54) is 25.6 Å². The molecule has 2 heterocycles. The third kappa shape index (κ3) is 8.08. The standard InChI is InChI=1S/C23H38N7O4P/c1-15(2)33-23(31)18(5)29-35(34-28-17(4)19-9-7-6-8-10-19)14-32-16(3)11-30-13-27-20-21(24)25-12-26-22(20)30/h12-13,15-16,18-19,29H,6-11,14H2,1-5H3,(H2,24,25,26)/b28-17+/t16-,18+,35?/m1/s1. The fourth-order valence-corrected chi connectivity index (χ4v) is 5.28. The average molecular weight is 508 g/mol. The number of ether oxygens (including phenoxy) is 2. The molecule has 11 nitrogen and oxygen atoms in total. The fraction of sp³-hybridized carbons (Fsp3) is 0.696. The molecule has 0 aliphatic heterocycles. The van der Waals surface area contributed by atoms with Crippen molar-refractivity contribution in [2.75, 3.05) is 12.1 Å². The zero-order chi connectivity index (χ0) is 25.4. The van der Waals surface area contributed by atoms with E-state index in [2.05, 4.69) is 25.2 Å². The maximum Gasteiger partial charge on any atom is 0.323 e. The third-order valence-electron chi connectivity index (χ3n) is 5.88. The van der Waals surface area contributed by atoms with Gasteiger partial charge in [-0.3, -0.25) is 4.79 Å². The van der Waals surface area contributed by atoms with E-state index in [9.17, 15) is 4.79 Å². The van der Waals surface area contributed by atoms with E-state index in [1.807, 2.05) is 32.3 Å². The number of nitrogen functional groups attached to an aromatic ring is 1. The van der Waals surface area contributed by atoms with Gasteiger partial charge < -0.3 is 24.4 Å². The van der Waals surface area contributed by atoms with Crippen molar-refractivity contribution >= 4 is 37.0 Å². The molecule has 3 atom stereocenters. The van der Waals surface area contributed by atoms with Crippen molar-refractivity contribution in [1.29, 1.82) is 0 Å². The summed E-state index contributed by atoms with van der Waals surface area (Å²) in [4.78, 5) is 24.9. The summed E-state index contributed by atoms with van der Waals surface area (Å²) in [5.74, 6) is 0.462. The average Bonchev–Trinajstić information content (AvgIpc) is 3.24. The van der Waals surface area contributed by atoms with Crippen LogP contribution in [-0.4, -0.2) is 55.8 Å². The number of rotatable bonds is 12. The van der Waals surface area contributed by atoms with Crippen molar-refractivity contribution in [2.45, 2.75) is 91.5 Å². The molecule has 0 aromatic carbocycles. The summed E-state index contributed by atoms with van der Waals surface area (Å²) in [5.41, 5.74) is 8.09. The minimum absolute atomic E-state index is 0.180. The van der Waals surface area contributed by atoms with Crippen LogP contribution in [0.4, 0.5) is 5.82 Å². The lowest BCUT2D eigenvalue weighted by molar-refractivity contribution is -0.148.